The second-order valence-electron chi connectivity index (χ2n) is 5.65. The van der Waals surface area contributed by atoms with Crippen LogP contribution in [0.1, 0.15) is 16.2 Å². The van der Waals surface area contributed by atoms with Gasteiger partial charge in [-0.15, -0.1) is 20.4 Å². The highest BCUT2D eigenvalue weighted by Crippen LogP contribution is 2.26. The van der Waals surface area contributed by atoms with Gasteiger partial charge < -0.3 is 15.2 Å². The zero-order valence-electron chi connectivity index (χ0n) is 13.1. The average molecular weight is 356 g/mol. The summed E-state index contributed by atoms with van der Waals surface area (Å²) in [6.07, 6.45) is 0. The van der Waals surface area contributed by atoms with Crippen LogP contribution in [0.3, 0.4) is 0 Å². The lowest BCUT2D eigenvalue weighted by Crippen LogP contribution is -2.36. The highest BCUT2D eigenvalue weighted by atomic mass is 35.5. The van der Waals surface area contributed by atoms with Crippen molar-refractivity contribution >= 4 is 23.3 Å². The van der Waals surface area contributed by atoms with Gasteiger partial charge in [0.1, 0.15) is 0 Å². The Morgan fingerprint density at radius 3 is 2.64 bits per heavy atom. The predicted molar refractivity (Wildman–Crippen MR) is 92.1 cm³/mol. The first-order valence-electron chi connectivity index (χ1n) is 7.69. The molecule has 0 atom stereocenters. The van der Waals surface area contributed by atoms with Gasteiger partial charge in [0.05, 0.1) is 12.1 Å². The van der Waals surface area contributed by atoms with E-state index in [9.17, 15) is 4.79 Å². The molecule has 0 unspecified atom stereocenters. The zero-order chi connectivity index (χ0) is 17.4. The molecule has 0 saturated carbocycles. The number of anilines is 1. The number of carbonyl (C=O) groups is 1. The van der Waals surface area contributed by atoms with E-state index >= 15 is 0 Å². The molecule has 0 saturated heterocycles. The normalized spacial score (nSPS) is 13.6. The minimum absolute atomic E-state index is 0.129. The van der Waals surface area contributed by atoms with Crippen LogP contribution in [0.5, 0.6) is 0 Å². The number of primary amides is 1. The Bertz CT molecular complexity index is 941. The maximum atomic E-state index is 11.7. The van der Waals surface area contributed by atoms with Crippen molar-refractivity contribution in [3.05, 3.63) is 52.9 Å². The van der Waals surface area contributed by atoms with Crippen LogP contribution in [-0.2, 0) is 13.1 Å². The molecule has 25 heavy (non-hydrogen) atoms. The second kappa shape index (κ2) is 6.14. The van der Waals surface area contributed by atoms with Gasteiger partial charge in [0, 0.05) is 18.7 Å². The number of nitrogens with zero attached hydrogens (tertiary/aromatic N) is 6. The Kier molecular flexibility index (Phi) is 3.81. The molecule has 2 aromatic heterocycles. The largest absolute Gasteiger partial charge is 0.365 e. The van der Waals surface area contributed by atoms with E-state index in [0.717, 1.165) is 17.2 Å². The van der Waals surface area contributed by atoms with E-state index < -0.39 is 5.91 Å². The quantitative estimate of drug-likeness (QED) is 0.763. The van der Waals surface area contributed by atoms with Gasteiger partial charge in [-0.05, 0) is 6.07 Å². The summed E-state index contributed by atoms with van der Waals surface area (Å²) in [5, 5.41) is 16.6. The first kappa shape index (κ1) is 15.5. The Balaban J connectivity index is 1.67. The van der Waals surface area contributed by atoms with Gasteiger partial charge in [0.15, 0.2) is 22.6 Å². The first-order chi connectivity index (χ1) is 12.1. The predicted octanol–water partition coefficient (Wildman–Crippen LogP) is 1.51. The molecule has 3 heterocycles. The minimum Gasteiger partial charge on any atom is -0.365 e. The molecule has 4 rings (SSSR count). The van der Waals surface area contributed by atoms with E-state index in [1.54, 1.807) is 0 Å². The maximum Gasteiger partial charge on any atom is 0.252 e. The van der Waals surface area contributed by atoms with Crippen LogP contribution in [0, 0.1) is 0 Å². The number of halogens is 1. The van der Waals surface area contributed by atoms with Crippen molar-refractivity contribution < 1.29 is 4.79 Å². The molecule has 3 aromatic rings. The summed E-state index contributed by atoms with van der Waals surface area (Å²) in [5.41, 5.74) is 6.70. The summed E-state index contributed by atoms with van der Waals surface area (Å²) in [6, 6.07) is 11.3. The fraction of sp³-hybridized carbons (Fsp3) is 0.188. The number of hydrogen-bond acceptors (Lipinski definition) is 6. The number of benzene rings is 1. The van der Waals surface area contributed by atoms with E-state index in [2.05, 4.69) is 25.0 Å². The number of hydrogen-bond donors (Lipinski definition) is 1. The zero-order valence-corrected chi connectivity index (χ0v) is 13.9. The molecule has 1 aliphatic heterocycles. The van der Waals surface area contributed by atoms with Crippen molar-refractivity contribution in [1.82, 2.24) is 25.0 Å². The van der Waals surface area contributed by atoms with Crippen LogP contribution in [-0.4, -0.2) is 37.4 Å². The molecule has 9 heteroatoms. The monoisotopic (exact) mass is 355 g/mol. The summed E-state index contributed by atoms with van der Waals surface area (Å²) in [5.74, 6) is 1.43. The molecule has 0 aliphatic carbocycles. The third-order valence-corrected chi connectivity index (χ3v) is 4.28. The number of carbonyl (C=O) groups excluding carboxylic acids is 1. The summed E-state index contributed by atoms with van der Waals surface area (Å²) in [6.45, 7) is 1.74. The van der Waals surface area contributed by atoms with Crippen LogP contribution in [0.15, 0.2) is 36.4 Å². The van der Waals surface area contributed by atoms with Gasteiger partial charge in [0.25, 0.3) is 5.91 Å². The molecular formula is C16H14ClN7O. The lowest BCUT2D eigenvalue weighted by atomic mass is 10.2. The summed E-state index contributed by atoms with van der Waals surface area (Å²) >= 11 is 5.83. The molecule has 0 spiro atoms. The molecule has 126 valence electrons. The molecule has 0 bridgehead atoms. The first-order valence-corrected chi connectivity index (χ1v) is 8.07. The number of nitrogens with two attached hydrogens (primary N) is 1. The fourth-order valence-corrected chi connectivity index (χ4v) is 3.06. The van der Waals surface area contributed by atoms with Crippen LogP contribution in [0.25, 0.3) is 11.4 Å². The standard InChI is InChI=1S/C16H14ClN7O/c17-12-8-11(14(18)25)16(22-19-12)23-6-7-24-13(9-23)20-21-15(24)10-4-2-1-3-5-10/h1-5,8H,6-7,9H2,(H2,18,25). The Hall–Kier alpha value is -3.00. The van der Waals surface area contributed by atoms with Gasteiger partial charge in [-0.3, -0.25) is 4.79 Å². The molecule has 1 aliphatic rings. The van der Waals surface area contributed by atoms with Crippen LogP contribution >= 0.6 is 11.6 Å². The molecule has 0 radical (unpaired) electrons. The SMILES string of the molecule is NC(=O)c1cc(Cl)nnc1N1CCn2c(nnc2-c2ccccc2)C1. The highest BCUT2D eigenvalue weighted by Gasteiger charge is 2.26. The molecule has 1 amide bonds. The Morgan fingerprint density at radius 1 is 1.08 bits per heavy atom. The van der Waals surface area contributed by atoms with Gasteiger partial charge in [-0.2, -0.15) is 0 Å². The van der Waals surface area contributed by atoms with Gasteiger partial charge >= 0.3 is 0 Å². The van der Waals surface area contributed by atoms with Crippen molar-refractivity contribution in [3.63, 3.8) is 0 Å². The lowest BCUT2D eigenvalue weighted by molar-refractivity contribution is 0.1000. The Labute approximate surface area is 148 Å². The highest BCUT2D eigenvalue weighted by molar-refractivity contribution is 6.29. The topological polar surface area (TPSA) is 103 Å². The van der Waals surface area contributed by atoms with E-state index in [1.807, 2.05) is 35.2 Å². The number of rotatable bonds is 3. The van der Waals surface area contributed by atoms with E-state index in [1.165, 1.54) is 6.07 Å². The van der Waals surface area contributed by atoms with Crippen molar-refractivity contribution in [2.75, 3.05) is 11.4 Å². The van der Waals surface area contributed by atoms with Crippen molar-refractivity contribution in [1.29, 1.82) is 0 Å². The number of aromatic nitrogens is 5. The molecule has 0 fully saturated rings. The summed E-state index contributed by atoms with van der Waals surface area (Å²) in [4.78, 5) is 13.6. The lowest BCUT2D eigenvalue weighted by Gasteiger charge is -2.29. The second-order valence-corrected chi connectivity index (χ2v) is 6.03. The fourth-order valence-electron chi connectivity index (χ4n) is 2.92. The summed E-state index contributed by atoms with van der Waals surface area (Å²) in [7, 11) is 0. The number of amides is 1. The van der Waals surface area contributed by atoms with Crippen molar-refractivity contribution in [2.45, 2.75) is 13.1 Å². The molecule has 8 nitrogen and oxygen atoms in total. The van der Waals surface area contributed by atoms with Crippen LogP contribution in [0.2, 0.25) is 5.15 Å². The molecule has 1 aromatic carbocycles. The van der Waals surface area contributed by atoms with Crippen molar-refractivity contribution in [3.8, 4) is 11.4 Å². The Morgan fingerprint density at radius 2 is 1.88 bits per heavy atom. The third kappa shape index (κ3) is 2.80. The van der Waals surface area contributed by atoms with Gasteiger partial charge in [-0.25, -0.2) is 0 Å². The average Bonchev–Trinajstić information content (AvgIpc) is 3.05. The molecule has 2 N–H and O–H groups in total. The van der Waals surface area contributed by atoms with Crippen molar-refractivity contribution in [2.24, 2.45) is 5.73 Å². The number of fused-ring (bicyclic) bond motifs is 1. The van der Waals surface area contributed by atoms with Gasteiger partial charge in [0.2, 0.25) is 0 Å². The van der Waals surface area contributed by atoms with E-state index in [4.69, 9.17) is 17.3 Å². The van der Waals surface area contributed by atoms with Crippen LogP contribution in [0.4, 0.5) is 5.82 Å². The van der Waals surface area contributed by atoms with E-state index in [-0.39, 0.29) is 10.7 Å². The third-order valence-electron chi connectivity index (χ3n) is 4.09. The molecular weight excluding hydrogens is 342 g/mol. The van der Waals surface area contributed by atoms with Gasteiger partial charge in [-0.1, -0.05) is 41.9 Å². The van der Waals surface area contributed by atoms with Crippen LogP contribution < -0.4 is 10.6 Å². The maximum absolute atomic E-state index is 11.7. The van der Waals surface area contributed by atoms with E-state index in [0.29, 0.717) is 25.5 Å². The summed E-state index contributed by atoms with van der Waals surface area (Å²) < 4.78 is 2.07. The minimum atomic E-state index is -0.594. The smallest absolute Gasteiger partial charge is 0.252 e.